The summed E-state index contributed by atoms with van der Waals surface area (Å²) in [4.78, 5) is 39.1. The average Bonchev–Trinajstić information content (AvgIpc) is 3.29. The fourth-order valence-corrected chi connectivity index (χ4v) is 4.73. The van der Waals surface area contributed by atoms with Gasteiger partial charge in [0.1, 0.15) is 29.2 Å². The summed E-state index contributed by atoms with van der Waals surface area (Å²) in [5.74, 6) is -4.02. The number of halogens is 2. The summed E-state index contributed by atoms with van der Waals surface area (Å²) >= 11 is 0. The third-order valence-corrected chi connectivity index (χ3v) is 6.71. The van der Waals surface area contributed by atoms with Gasteiger partial charge in [0.2, 0.25) is 17.7 Å². The molecule has 1 fully saturated rings. The maximum Gasteiger partial charge on any atom is 0.243 e. The summed E-state index contributed by atoms with van der Waals surface area (Å²) in [5, 5.41) is 5.38. The van der Waals surface area contributed by atoms with Crippen LogP contribution in [0.25, 0.3) is 0 Å². The van der Waals surface area contributed by atoms with Gasteiger partial charge in [0.05, 0.1) is 5.69 Å². The highest BCUT2D eigenvalue weighted by Crippen LogP contribution is 2.23. The Balaban J connectivity index is 1.68. The highest BCUT2D eigenvalue weighted by molar-refractivity contribution is 7.86. The monoisotopic (exact) mass is 491 g/mol. The van der Waals surface area contributed by atoms with Gasteiger partial charge in [-0.1, -0.05) is 25.0 Å². The summed E-state index contributed by atoms with van der Waals surface area (Å²) in [6.07, 6.45) is 3.71. The van der Waals surface area contributed by atoms with Crippen molar-refractivity contribution in [1.29, 1.82) is 0 Å². The molecule has 3 rings (SSSR count). The first-order chi connectivity index (χ1) is 16.2. The van der Waals surface area contributed by atoms with E-state index in [1.54, 1.807) is 0 Å². The first kappa shape index (κ1) is 25.5. The van der Waals surface area contributed by atoms with Crippen molar-refractivity contribution in [3.8, 4) is 0 Å². The lowest BCUT2D eigenvalue weighted by Gasteiger charge is -2.29. The SMILES string of the molecule is CC(C(=O)NC1CCCC1)N(C(=O)CS(=O)CC(=O)Nc1ccc(F)cc1)c1ccccc1F. The predicted octanol–water partition coefficient (Wildman–Crippen LogP) is 3.13. The van der Waals surface area contributed by atoms with Crippen molar-refractivity contribution in [2.24, 2.45) is 0 Å². The summed E-state index contributed by atoms with van der Waals surface area (Å²) in [5.41, 5.74) is 0.217. The summed E-state index contributed by atoms with van der Waals surface area (Å²) in [6.45, 7) is 1.48. The average molecular weight is 492 g/mol. The van der Waals surface area contributed by atoms with E-state index >= 15 is 0 Å². The van der Waals surface area contributed by atoms with Gasteiger partial charge in [-0.3, -0.25) is 23.5 Å². The van der Waals surface area contributed by atoms with Gasteiger partial charge in [0.25, 0.3) is 0 Å². The van der Waals surface area contributed by atoms with Gasteiger partial charge in [-0.05, 0) is 56.2 Å². The van der Waals surface area contributed by atoms with Crippen LogP contribution in [-0.4, -0.2) is 45.5 Å². The molecule has 0 heterocycles. The Bertz CT molecular complexity index is 1060. The molecule has 182 valence electrons. The van der Waals surface area contributed by atoms with E-state index < -0.39 is 57.7 Å². The second-order valence-corrected chi connectivity index (χ2v) is 9.62. The quantitative estimate of drug-likeness (QED) is 0.564. The van der Waals surface area contributed by atoms with E-state index in [-0.39, 0.29) is 11.7 Å². The molecule has 0 bridgehead atoms. The summed E-state index contributed by atoms with van der Waals surface area (Å²) in [6, 6.07) is 9.54. The van der Waals surface area contributed by atoms with Crippen molar-refractivity contribution in [3.63, 3.8) is 0 Å². The fourth-order valence-electron chi connectivity index (χ4n) is 3.85. The highest BCUT2D eigenvalue weighted by atomic mass is 32.2. The van der Waals surface area contributed by atoms with Gasteiger partial charge in [0, 0.05) is 22.5 Å². The molecule has 1 saturated carbocycles. The molecule has 0 saturated heterocycles. The first-order valence-corrected chi connectivity index (χ1v) is 12.5. The molecule has 2 unspecified atom stereocenters. The summed E-state index contributed by atoms with van der Waals surface area (Å²) in [7, 11) is -1.92. The number of nitrogens with zero attached hydrogens (tertiary/aromatic N) is 1. The van der Waals surface area contributed by atoms with E-state index in [2.05, 4.69) is 10.6 Å². The normalized spacial score (nSPS) is 15.4. The number of anilines is 2. The van der Waals surface area contributed by atoms with E-state index in [1.807, 2.05) is 0 Å². The molecule has 10 heteroatoms. The number of carbonyl (C=O) groups excluding carboxylic acids is 3. The number of nitrogens with one attached hydrogen (secondary N) is 2. The molecule has 0 aromatic heterocycles. The second kappa shape index (κ2) is 11.8. The van der Waals surface area contributed by atoms with Gasteiger partial charge in [-0.25, -0.2) is 8.78 Å². The van der Waals surface area contributed by atoms with Gasteiger partial charge in [-0.2, -0.15) is 0 Å². The van der Waals surface area contributed by atoms with Crippen molar-refractivity contribution in [2.45, 2.75) is 44.7 Å². The molecule has 7 nitrogen and oxygen atoms in total. The number of para-hydroxylation sites is 1. The van der Waals surface area contributed by atoms with Crippen LogP contribution in [0.2, 0.25) is 0 Å². The zero-order chi connectivity index (χ0) is 24.7. The zero-order valence-corrected chi connectivity index (χ0v) is 19.6. The van der Waals surface area contributed by atoms with E-state index in [9.17, 15) is 27.4 Å². The number of amides is 3. The third-order valence-electron chi connectivity index (χ3n) is 5.55. The Morgan fingerprint density at radius 1 is 1.03 bits per heavy atom. The van der Waals surface area contributed by atoms with Gasteiger partial charge in [-0.15, -0.1) is 0 Å². The first-order valence-electron chi connectivity index (χ1n) is 11.0. The van der Waals surface area contributed by atoms with Crippen molar-refractivity contribution in [3.05, 3.63) is 60.2 Å². The molecule has 2 aromatic carbocycles. The van der Waals surface area contributed by atoms with E-state index in [4.69, 9.17) is 0 Å². The number of benzene rings is 2. The number of rotatable bonds is 9. The Morgan fingerprint density at radius 3 is 2.32 bits per heavy atom. The van der Waals surface area contributed by atoms with Crippen molar-refractivity contribution >= 4 is 39.9 Å². The van der Waals surface area contributed by atoms with Crippen molar-refractivity contribution in [1.82, 2.24) is 5.32 Å². The van der Waals surface area contributed by atoms with Crippen LogP contribution in [0.15, 0.2) is 48.5 Å². The van der Waals surface area contributed by atoms with Crippen LogP contribution in [0.5, 0.6) is 0 Å². The smallest absolute Gasteiger partial charge is 0.243 e. The lowest BCUT2D eigenvalue weighted by Crippen LogP contribution is -2.51. The van der Waals surface area contributed by atoms with Crippen molar-refractivity contribution < 1.29 is 27.4 Å². The van der Waals surface area contributed by atoms with Crippen LogP contribution in [-0.2, 0) is 25.2 Å². The van der Waals surface area contributed by atoms with Crippen molar-refractivity contribution in [2.75, 3.05) is 21.7 Å². The molecule has 1 aliphatic carbocycles. The Kier molecular flexibility index (Phi) is 8.86. The molecule has 2 atom stereocenters. The molecular formula is C24H27F2N3O4S. The van der Waals surface area contributed by atoms with Crippen LogP contribution in [0.3, 0.4) is 0 Å². The fraction of sp³-hybridized carbons (Fsp3) is 0.375. The largest absolute Gasteiger partial charge is 0.352 e. The molecule has 3 amide bonds. The van der Waals surface area contributed by atoms with E-state index in [0.29, 0.717) is 5.69 Å². The molecular weight excluding hydrogens is 464 g/mol. The maximum absolute atomic E-state index is 14.6. The minimum absolute atomic E-state index is 0.0109. The van der Waals surface area contributed by atoms with Crippen LogP contribution in [0.1, 0.15) is 32.6 Å². The van der Waals surface area contributed by atoms with Gasteiger partial charge in [0.15, 0.2) is 0 Å². The standard InChI is InChI=1S/C24H27F2N3O4S/c1-16(24(32)28-18-6-2-3-7-18)29(21-9-5-4-8-20(21)26)23(31)15-34(33)14-22(30)27-19-12-10-17(25)11-13-19/h4-5,8-13,16,18H,2-3,6-7,14-15H2,1H3,(H,27,30)(H,28,32). The van der Waals surface area contributed by atoms with Gasteiger partial charge < -0.3 is 10.6 Å². The van der Waals surface area contributed by atoms with Crippen LogP contribution < -0.4 is 15.5 Å². The second-order valence-electron chi connectivity index (χ2n) is 8.16. The van der Waals surface area contributed by atoms with Crippen LogP contribution >= 0.6 is 0 Å². The predicted molar refractivity (Wildman–Crippen MR) is 127 cm³/mol. The Hall–Kier alpha value is -3.14. The minimum Gasteiger partial charge on any atom is -0.352 e. The molecule has 0 spiro atoms. The van der Waals surface area contributed by atoms with E-state index in [1.165, 1.54) is 55.5 Å². The lowest BCUT2D eigenvalue weighted by atomic mass is 10.1. The summed E-state index contributed by atoms with van der Waals surface area (Å²) < 4.78 is 40.1. The third kappa shape index (κ3) is 6.93. The van der Waals surface area contributed by atoms with E-state index in [0.717, 1.165) is 30.6 Å². The molecule has 0 radical (unpaired) electrons. The molecule has 2 N–H and O–H groups in total. The van der Waals surface area contributed by atoms with Crippen LogP contribution in [0.4, 0.5) is 20.2 Å². The Morgan fingerprint density at radius 2 is 1.68 bits per heavy atom. The molecule has 0 aliphatic heterocycles. The zero-order valence-electron chi connectivity index (χ0n) is 18.8. The maximum atomic E-state index is 14.6. The molecule has 2 aromatic rings. The van der Waals surface area contributed by atoms with Gasteiger partial charge >= 0.3 is 0 Å². The minimum atomic E-state index is -1.92. The number of carbonyl (C=O) groups is 3. The Labute approximate surface area is 199 Å². The number of hydrogen-bond acceptors (Lipinski definition) is 4. The number of hydrogen-bond donors (Lipinski definition) is 2. The molecule has 34 heavy (non-hydrogen) atoms. The topological polar surface area (TPSA) is 95.6 Å². The molecule has 1 aliphatic rings. The van der Waals surface area contributed by atoms with Crippen LogP contribution in [0, 0.1) is 11.6 Å². The highest BCUT2D eigenvalue weighted by Gasteiger charge is 2.32. The lowest BCUT2D eigenvalue weighted by molar-refractivity contribution is -0.125.